The molecule has 1 N–H and O–H groups in total. The minimum Gasteiger partial charge on any atom is -0.381 e. The van der Waals surface area contributed by atoms with Gasteiger partial charge in [0.1, 0.15) is 0 Å². The molecule has 4 fully saturated rings. The number of rotatable bonds is 4. The number of aliphatic hydroxyl groups is 1. The maximum Gasteiger partial charge on any atom is 0.416 e. The van der Waals surface area contributed by atoms with Crippen molar-refractivity contribution in [1.29, 1.82) is 0 Å². The van der Waals surface area contributed by atoms with Crippen molar-refractivity contribution in [1.82, 2.24) is 9.80 Å². The number of likely N-dealkylation sites (tertiary alicyclic amines) is 2. The van der Waals surface area contributed by atoms with Gasteiger partial charge in [-0.05, 0) is 106 Å². The third kappa shape index (κ3) is 5.64. The number of amides is 1. The fraction of sp³-hybridized carbons (Fsp3) is 0.606. The van der Waals surface area contributed by atoms with Crippen molar-refractivity contribution in [2.75, 3.05) is 32.8 Å². The molecule has 1 amide bonds. The Hall–Kier alpha value is -2.63. The van der Waals surface area contributed by atoms with E-state index in [-0.39, 0.29) is 30.9 Å². The van der Waals surface area contributed by atoms with E-state index in [2.05, 4.69) is 4.90 Å². The predicted octanol–water partition coefficient (Wildman–Crippen LogP) is 6.87. The molecule has 1 saturated carbocycles. The third-order valence-electron chi connectivity index (χ3n) is 10.8. The highest BCUT2D eigenvalue weighted by atomic mass is 19.4. The molecule has 1 spiro atoms. The first-order chi connectivity index (χ1) is 20.8. The van der Waals surface area contributed by atoms with E-state index < -0.39 is 46.1 Å². The SMILES string of the molecule is O=C1N(C2(c3ccccc3)CCC(N3CCC4(CCOC4)CC3)CC2)CCC[C@]1(O)c1cc(C(F)(F)F)cc(C(F)(F)F)c1. The van der Waals surface area contributed by atoms with Gasteiger partial charge in [-0.15, -0.1) is 0 Å². The minimum absolute atomic E-state index is 0.0207. The maximum absolute atomic E-state index is 14.3. The van der Waals surface area contributed by atoms with Crippen LogP contribution in [0.4, 0.5) is 26.3 Å². The van der Waals surface area contributed by atoms with Crippen LogP contribution in [0.2, 0.25) is 0 Å². The largest absolute Gasteiger partial charge is 0.416 e. The van der Waals surface area contributed by atoms with Crippen molar-refractivity contribution in [2.24, 2.45) is 5.41 Å². The summed E-state index contributed by atoms with van der Waals surface area (Å²) in [6.45, 7) is 3.84. The molecular weight excluding hydrogens is 586 g/mol. The summed E-state index contributed by atoms with van der Waals surface area (Å²) in [5.74, 6) is -0.848. The zero-order chi connectivity index (χ0) is 31.4. The molecule has 11 heteroatoms. The molecule has 1 atom stereocenters. The average Bonchev–Trinajstić information content (AvgIpc) is 3.46. The number of carbonyl (C=O) groups is 1. The van der Waals surface area contributed by atoms with Gasteiger partial charge in [0.2, 0.25) is 0 Å². The van der Waals surface area contributed by atoms with Gasteiger partial charge in [0.15, 0.2) is 5.60 Å². The van der Waals surface area contributed by atoms with Crippen LogP contribution < -0.4 is 0 Å². The highest BCUT2D eigenvalue weighted by Crippen LogP contribution is 2.49. The van der Waals surface area contributed by atoms with E-state index in [4.69, 9.17) is 4.74 Å². The topological polar surface area (TPSA) is 53.0 Å². The highest BCUT2D eigenvalue weighted by Gasteiger charge is 2.54. The molecule has 1 aliphatic carbocycles. The third-order valence-corrected chi connectivity index (χ3v) is 10.8. The van der Waals surface area contributed by atoms with Crippen molar-refractivity contribution in [3.05, 3.63) is 70.8 Å². The van der Waals surface area contributed by atoms with Gasteiger partial charge >= 0.3 is 12.4 Å². The van der Waals surface area contributed by atoms with E-state index in [1.807, 2.05) is 30.3 Å². The van der Waals surface area contributed by atoms with Crippen LogP contribution >= 0.6 is 0 Å². The number of hydrogen-bond acceptors (Lipinski definition) is 4. The quantitative estimate of drug-likeness (QED) is 0.377. The number of ether oxygens (including phenoxy) is 1. The molecule has 0 bridgehead atoms. The molecule has 4 aliphatic rings. The van der Waals surface area contributed by atoms with E-state index in [9.17, 15) is 36.2 Å². The molecule has 240 valence electrons. The number of alkyl halides is 6. The molecule has 0 aromatic heterocycles. The van der Waals surface area contributed by atoms with Gasteiger partial charge in [-0.25, -0.2) is 0 Å². The molecular formula is C33H38F6N2O3. The van der Waals surface area contributed by atoms with Crippen molar-refractivity contribution in [3.63, 3.8) is 0 Å². The van der Waals surface area contributed by atoms with Crippen LogP contribution in [-0.4, -0.2) is 59.7 Å². The second-order valence-electron chi connectivity index (χ2n) is 13.2. The summed E-state index contributed by atoms with van der Waals surface area (Å²) in [5.41, 5.74) is -6.01. The fourth-order valence-electron chi connectivity index (χ4n) is 8.11. The normalized spacial score (nSPS) is 30.2. The minimum atomic E-state index is -5.09. The Bertz CT molecular complexity index is 1310. The summed E-state index contributed by atoms with van der Waals surface area (Å²) < 4.78 is 87.9. The van der Waals surface area contributed by atoms with Gasteiger partial charge in [0, 0.05) is 19.2 Å². The number of benzene rings is 2. The fourth-order valence-corrected chi connectivity index (χ4v) is 8.11. The van der Waals surface area contributed by atoms with Crippen molar-refractivity contribution < 1.29 is 41.0 Å². The Morgan fingerprint density at radius 3 is 1.93 bits per heavy atom. The monoisotopic (exact) mass is 624 g/mol. The predicted molar refractivity (Wildman–Crippen MR) is 150 cm³/mol. The van der Waals surface area contributed by atoms with Crippen LogP contribution in [0, 0.1) is 5.41 Å². The van der Waals surface area contributed by atoms with E-state index in [0.717, 1.165) is 64.0 Å². The van der Waals surface area contributed by atoms with Crippen molar-refractivity contribution in [2.45, 2.75) is 87.3 Å². The lowest BCUT2D eigenvalue weighted by atomic mass is 9.70. The van der Waals surface area contributed by atoms with Crippen molar-refractivity contribution >= 4 is 5.91 Å². The Labute approximate surface area is 253 Å². The summed E-state index contributed by atoms with van der Waals surface area (Å²) in [5, 5.41) is 11.8. The second-order valence-corrected chi connectivity index (χ2v) is 13.2. The Morgan fingerprint density at radius 1 is 0.773 bits per heavy atom. The second kappa shape index (κ2) is 11.3. The number of halogens is 6. The number of piperidine rings is 2. The van der Waals surface area contributed by atoms with E-state index in [1.165, 1.54) is 0 Å². The van der Waals surface area contributed by atoms with Crippen molar-refractivity contribution in [3.8, 4) is 0 Å². The first-order valence-corrected chi connectivity index (χ1v) is 15.5. The van der Waals surface area contributed by atoms with E-state index in [0.29, 0.717) is 31.0 Å². The molecule has 3 heterocycles. The first-order valence-electron chi connectivity index (χ1n) is 15.5. The van der Waals surface area contributed by atoms with Gasteiger partial charge in [-0.1, -0.05) is 30.3 Å². The summed E-state index contributed by atoms with van der Waals surface area (Å²) >= 11 is 0. The van der Waals surface area contributed by atoms with Crippen LogP contribution in [-0.2, 0) is 33.0 Å². The number of carbonyl (C=O) groups excluding carboxylic acids is 1. The standard InChI is InChI=1S/C33H38F6N2O3/c34-32(35,36)25-19-24(20-26(21-25)33(37,38)39)31(43)9-4-15-41(28(31)42)30(23-5-2-1-3-6-23)10-7-27(8-11-30)40-16-12-29(13-17-40)14-18-44-22-29/h1-3,5-6,19-21,27,43H,4,7-18,22H2/t27?,30?,31-/m0/s1. The van der Waals surface area contributed by atoms with Gasteiger partial charge in [0.05, 0.1) is 23.3 Å². The molecule has 5 nitrogen and oxygen atoms in total. The van der Waals surface area contributed by atoms with Crippen LogP contribution in [0.5, 0.6) is 0 Å². The van der Waals surface area contributed by atoms with Gasteiger partial charge < -0.3 is 19.6 Å². The average molecular weight is 625 g/mol. The zero-order valence-electron chi connectivity index (χ0n) is 24.5. The molecule has 6 rings (SSSR count). The van der Waals surface area contributed by atoms with Gasteiger partial charge in [-0.3, -0.25) is 4.79 Å². The molecule has 3 saturated heterocycles. The van der Waals surface area contributed by atoms with Crippen LogP contribution in [0.25, 0.3) is 0 Å². The van der Waals surface area contributed by atoms with Gasteiger partial charge in [-0.2, -0.15) is 26.3 Å². The summed E-state index contributed by atoms with van der Waals surface area (Å²) in [6, 6.07) is 10.7. The number of hydrogen-bond donors (Lipinski definition) is 1. The number of nitrogens with zero attached hydrogens (tertiary/aromatic N) is 2. The lowest BCUT2D eigenvalue weighted by Crippen LogP contribution is -2.61. The smallest absolute Gasteiger partial charge is 0.381 e. The van der Waals surface area contributed by atoms with E-state index >= 15 is 0 Å². The van der Waals surface area contributed by atoms with Crippen LogP contribution in [0.15, 0.2) is 48.5 Å². The Kier molecular flexibility index (Phi) is 8.06. The lowest BCUT2D eigenvalue weighted by Gasteiger charge is -2.54. The molecule has 2 aromatic carbocycles. The maximum atomic E-state index is 14.3. The van der Waals surface area contributed by atoms with E-state index in [1.54, 1.807) is 4.90 Å². The molecule has 44 heavy (non-hydrogen) atoms. The Morgan fingerprint density at radius 2 is 1.39 bits per heavy atom. The zero-order valence-corrected chi connectivity index (χ0v) is 24.5. The molecule has 2 aromatic rings. The van der Waals surface area contributed by atoms with Crippen LogP contribution in [0.1, 0.15) is 80.0 Å². The van der Waals surface area contributed by atoms with Crippen LogP contribution in [0.3, 0.4) is 0 Å². The first kappa shape index (κ1) is 31.4. The summed E-state index contributed by atoms with van der Waals surface area (Å²) in [6.07, 6.45) is -4.25. The molecule has 0 unspecified atom stereocenters. The lowest BCUT2D eigenvalue weighted by molar-refractivity contribution is -0.170. The van der Waals surface area contributed by atoms with Gasteiger partial charge in [0.25, 0.3) is 5.91 Å². The Balaban J connectivity index is 1.30. The molecule has 3 aliphatic heterocycles. The summed E-state index contributed by atoms with van der Waals surface area (Å²) in [4.78, 5) is 18.3. The highest BCUT2D eigenvalue weighted by molar-refractivity contribution is 5.88. The summed E-state index contributed by atoms with van der Waals surface area (Å²) in [7, 11) is 0. The molecule has 0 radical (unpaired) electrons.